The molecular formula is C13H27NO2S. The van der Waals surface area contributed by atoms with Crippen molar-refractivity contribution in [1.82, 2.24) is 5.32 Å². The molecule has 0 aromatic heterocycles. The minimum atomic E-state index is -2.80. The highest BCUT2D eigenvalue weighted by Gasteiger charge is 2.27. The topological polar surface area (TPSA) is 46.2 Å². The zero-order chi connectivity index (χ0) is 12.9. The molecule has 0 radical (unpaired) electrons. The third kappa shape index (κ3) is 5.87. The standard InChI is InChI=1S/C13H27NO2S/c1-4-14-13(6-5-9-17(3,15)16)12-8-7-11(2)10-12/h11-14H,4-10H2,1-3H3. The molecule has 0 saturated heterocycles. The number of hydrogen-bond donors (Lipinski definition) is 1. The van der Waals surface area contributed by atoms with E-state index in [1.807, 2.05) is 0 Å². The van der Waals surface area contributed by atoms with Crippen LogP contribution in [0.3, 0.4) is 0 Å². The number of nitrogens with one attached hydrogen (secondary N) is 1. The summed E-state index contributed by atoms with van der Waals surface area (Å²) in [6, 6.07) is 0.520. The highest BCUT2D eigenvalue weighted by molar-refractivity contribution is 7.90. The smallest absolute Gasteiger partial charge is 0.147 e. The van der Waals surface area contributed by atoms with Gasteiger partial charge in [-0.25, -0.2) is 8.42 Å². The second-order valence-corrected chi connectivity index (χ2v) is 7.87. The molecule has 4 heteroatoms. The van der Waals surface area contributed by atoms with Gasteiger partial charge in [-0.3, -0.25) is 0 Å². The summed E-state index contributed by atoms with van der Waals surface area (Å²) in [5, 5.41) is 3.54. The third-order valence-electron chi connectivity index (χ3n) is 3.80. The van der Waals surface area contributed by atoms with E-state index in [1.54, 1.807) is 0 Å². The van der Waals surface area contributed by atoms with Gasteiger partial charge in [0.25, 0.3) is 0 Å². The molecule has 0 aliphatic heterocycles. The van der Waals surface area contributed by atoms with Crippen molar-refractivity contribution in [2.45, 2.75) is 52.0 Å². The number of sulfone groups is 1. The monoisotopic (exact) mass is 261 g/mol. The average Bonchev–Trinajstić information content (AvgIpc) is 2.62. The molecule has 1 aliphatic rings. The van der Waals surface area contributed by atoms with Crippen LogP contribution in [0.2, 0.25) is 0 Å². The van der Waals surface area contributed by atoms with E-state index in [0.29, 0.717) is 11.8 Å². The van der Waals surface area contributed by atoms with Crippen molar-refractivity contribution in [3.05, 3.63) is 0 Å². The van der Waals surface area contributed by atoms with Crippen LogP contribution in [0.1, 0.15) is 46.0 Å². The molecule has 3 atom stereocenters. The van der Waals surface area contributed by atoms with Crippen LogP contribution in [0.25, 0.3) is 0 Å². The van der Waals surface area contributed by atoms with E-state index in [2.05, 4.69) is 19.2 Å². The van der Waals surface area contributed by atoms with Crippen LogP contribution >= 0.6 is 0 Å². The van der Waals surface area contributed by atoms with Crippen molar-refractivity contribution in [3.8, 4) is 0 Å². The van der Waals surface area contributed by atoms with Crippen LogP contribution < -0.4 is 5.32 Å². The summed E-state index contributed by atoms with van der Waals surface area (Å²) in [6.07, 6.45) is 7.06. The van der Waals surface area contributed by atoms with Crippen molar-refractivity contribution in [3.63, 3.8) is 0 Å². The van der Waals surface area contributed by atoms with Gasteiger partial charge in [0.1, 0.15) is 9.84 Å². The van der Waals surface area contributed by atoms with E-state index in [9.17, 15) is 8.42 Å². The number of rotatable bonds is 7. The Morgan fingerprint density at radius 2 is 2.06 bits per heavy atom. The Hall–Kier alpha value is -0.0900. The summed E-state index contributed by atoms with van der Waals surface area (Å²) < 4.78 is 22.2. The molecule has 0 aromatic carbocycles. The normalized spacial score (nSPS) is 27.2. The van der Waals surface area contributed by atoms with Crippen molar-refractivity contribution >= 4 is 9.84 Å². The Labute approximate surface area is 106 Å². The lowest BCUT2D eigenvalue weighted by molar-refractivity contribution is 0.336. The van der Waals surface area contributed by atoms with Crippen molar-refractivity contribution in [2.75, 3.05) is 18.6 Å². The molecule has 0 amide bonds. The van der Waals surface area contributed by atoms with Gasteiger partial charge < -0.3 is 5.32 Å². The first kappa shape index (κ1) is 15.0. The first-order valence-electron chi connectivity index (χ1n) is 6.83. The molecule has 1 saturated carbocycles. The van der Waals surface area contributed by atoms with E-state index < -0.39 is 9.84 Å². The van der Waals surface area contributed by atoms with Crippen LogP contribution in [0.5, 0.6) is 0 Å². The Balaban J connectivity index is 2.38. The van der Waals surface area contributed by atoms with Crippen LogP contribution in [-0.4, -0.2) is 33.0 Å². The Morgan fingerprint density at radius 1 is 1.35 bits per heavy atom. The fraction of sp³-hybridized carbons (Fsp3) is 1.00. The van der Waals surface area contributed by atoms with E-state index in [0.717, 1.165) is 31.2 Å². The number of hydrogen-bond acceptors (Lipinski definition) is 3. The maximum absolute atomic E-state index is 11.1. The van der Waals surface area contributed by atoms with Gasteiger partial charge in [0.05, 0.1) is 0 Å². The van der Waals surface area contributed by atoms with Gasteiger partial charge in [-0.05, 0) is 44.1 Å². The van der Waals surface area contributed by atoms with Gasteiger partial charge in [0.15, 0.2) is 0 Å². The molecule has 0 aromatic rings. The molecule has 1 rings (SSSR count). The van der Waals surface area contributed by atoms with Crippen LogP contribution in [0.15, 0.2) is 0 Å². The minimum absolute atomic E-state index is 0.331. The molecular weight excluding hydrogens is 234 g/mol. The van der Waals surface area contributed by atoms with Crippen molar-refractivity contribution in [2.24, 2.45) is 11.8 Å². The summed E-state index contributed by atoms with van der Waals surface area (Å²) in [4.78, 5) is 0. The van der Waals surface area contributed by atoms with Gasteiger partial charge in [-0.2, -0.15) is 0 Å². The lowest BCUT2D eigenvalue weighted by Crippen LogP contribution is -2.35. The highest BCUT2D eigenvalue weighted by Crippen LogP contribution is 2.33. The molecule has 1 aliphatic carbocycles. The molecule has 1 fully saturated rings. The zero-order valence-electron chi connectivity index (χ0n) is 11.4. The van der Waals surface area contributed by atoms with E-state index in [-0.39, 0.29) is 0 Å². The van der Waals surface area contributed by atoms with E-state index in [1.165, 1.54) is 25.5 Å². The molecule has 102 valence electrons. The van der Waals surface area contributed by atoms with Gasteiger partial charge in [0, 0.05) is 18.1 Å². The predicted molar refractivity (Wildman–Crippen MR) is 72.9 cm³/mol. The van der Waals surface area contributed by atoms with Crippen LogP contribution in [0.4, 0.5) is 0 Å². The largest absolute Gasteiger partial charge is 0.314 e. The highest BCUT2D eigenvalue weighted by atomic mass is 32.2. The van der Waals surface area contributed by atoms with Crippen molar-refractivity contribution < 1.29 is 8.42 Å². The van der Waals surface area contributed by atoms with E-state index in [4.69, 9.17) is 0 Å². The predicted octanol–water partition coefficient (Wildman–Crippen LogP) is 2.23. The Bertz CT molecular complexity index is 313. The second kappa shape index (κ2) is 6.74. The summed E-state index contributed by atoms with van der Waals surface area (Å²) in [7, 11) is -2.80. The Morgan fingerprint density at radius 3 is 2.53 bits per heavy atom. The van der Waals surface area contributed by atoms with Gasteiger partial charge in [-0.15, -0.1) is 0 Å². The third-order valence-corrected chi connectivity index (χ3v) is 4.83. The van der Waals surface area contributed by atoms with E-state index >= 15 is 0 Å². The fourth-order valence-electron chi connectivity index (χ4n) is 2.95. The van der Waals surface area contributed by atoms with Gasteiger partial charge >= 0.3 is 0 Å². The summed E-state index contributed by atoms with van der Waals surface area (Å²) in [5.74, 6) is 1.93. The van der Waals surface area contributed by atoms with Crippen LogP contribution in [-0.2, 0) is 9.84 Å². The minimum Gasteiger partial charge on any atom is -0.314 e. The second-order valence-electron chi connectivity index (χ2n) is 5.61. The average molecular weight is 261 g/mol. The summed E-state index contributed by atoms with van der Waals surface area (Å²) in [5.41, 5.74) is 0. The van der Waals surface area contributed by atoms with Crippen molar-refractivity contribution in [1.29, 1.82) is 0 Å². The molecule has 1 N–H and O–H groups in total. The first-order valence-corrected chi connectivity index (χ1v) is 8.89. The lowest BCUT2D eigenvalue weighted by atomic mass is 9.93. The molecule has 0 heterocycles. The lowest BCUT2D eigenvalue weighted by Gasteiger charge is -2.24. The van der Waals surface area contributed by atoms with Crippen LogP contribution in [0, 0.1) is 11.8 Å². The molecule has 17 heavy (non-hydrogen) atoms. The summed E-state index contributed by atoms with van der Waals surface area (Å²) >= 11 is 0. The first-order chi connectivity index (χ1) is 7.92. The quantitative estimate of drug-likeness (QED) is 0.764. The maximum Gasteiger partial charge on any atom is 0.147 e. The maximum atomic E-state index is 11.1. The molecule has 0 spiro atoms. The van der Waals surface area contributed by atoms with Gasteiger partial charge in [0.2, 0.25) is 0 Å². The summed E-state index contributed by atoms with van der Waals surface area (Å²) in [6.45, 7) is 5.43. The Kier molecular flexibility index (Phi) is 5.93. The molecule has 3 unspecified atom stereocenters. The zero-order valence-corrected chi connectivity index (χ0v) is 12.2. The fourth-order valence-corrected chi connectivity index (χ4v) is 3.64. The molecule has 0 bridgehead atoms. The SMILES string of the molecule is CCNC(CCCS(C)(=O)=O)C1CCC(C)C1. The molecule has 3 nitrogen and oxygen atoms in total. The van der Waals surface area contributed by atoms with Gasteiger partial charge in [-0.1, -0.05) is 20.3 Å².